The summed E-state index contributed by atoms with van der Waals surface area (Å²) in [5, 5.41) is 8.93. The van der Waals surface area contributed by atoms with Gasteiger partial charge in [0.1, 0.15) is 11.9 Å². The average molecular weight is 290 g/mol. The Balaban J connectivity index is 2.16. The van der Waals surface area contributed by atoms with Crippen molar-refractivity contribution in [3.63, 3.8) is 0 Å². The molecule has 1 N–H and O–H groups in total. The Kier molecular flexibility index (Phi) is 4.22. The van der Waals surface area contributed by atoms with Gasteiger partial charge in [-0.05, 0) is 12.8 Å². The fourth-order valence-corrected chi connectivity index (χ4v) is 1.94. The van der Waals surface area contributed by atoms with Crippen molar-refractivity contribution in [2.45, 2.75) is 44.6 Å². The largest absolute Gasteiger partial charge is 0.474 e. The molecular formula is C12H13F3N2O3. The molecule has 1 aliphatic rings. The lowest BCUT2D eigenvalue weighted by Gasteiger charge is -2.22. The first-order chi connectivity index (χ1) is 9.38. The maximum atomic E-state index is 12.6. The molecule has 0 bridgehead atoms. The van der Waals surface area contributed by atoms with Crippen LogP contribution < -0.4 is 4.74 Å². The minimum absolute atomic E-state index is 0.125. The lowest BCUT2D eigenvalue weighted by Crippen LogP contribution is -2.25. The fourth-order valence-electron chi connectivity index (χ4n) is 1.94. The van der Waals surface area contributed by atoms with Gasteiger partial charge < -0.3 is 9.84 Å². The van der Waals surface area contributed by atoms with E-state index in [1.165, 1.54) is 6.07 Å². The highest BCUT2D eigenvalue weighted by atomic mass is 19.4. The second kappa shape index (κ2) is 5.74. The Morgan fingerprint density at radius 1 is 1.30 bits per heavy atom. The number of ketones is 1. The standard InChI is InChI=1S/C12H13F3N2O3/c13-12(14,15)11-16-7(6-18)5-10(17-11)20-9-3-1-8(19)2-4-9/h5,9,18H,1-4,6H2. The second-order valence-corrected chi connectivity index (χ2v) is 4.53. The molecule has 1 aliphatic carbocycles. The van der Waals surface area contributed by atoms with Crippen LogP contribution in [-0.4, -0.2) is 27.0 Å². The minimum atomic E-state index is -4.70. The number of hydrogen-bond acceptors (Lipinski definition) is 5. The van der Waals surface area contributed by atoms with E-state index < -0.39 is 18.6 Å². The number of carbonyl (C=O) groups is 1. The highest BCUT2D eigenvalue weighted by molar-refractivity contribution is 5.79. The lowest BCUT2D eigenvalue weighted by molar-refractivity contribution is -0.145. The van der Waals surface area contributed by atoms with Gasteiger partial charge in [0.25, 0.3) is 0 Å². The summed E-state index contributed by atoms with van der Waals surface area (Å²) in [5.41, 5.74) is -0.158. The van der Waals surface area contributed by atoms with Gasteiger partial charge >= 0.3 is 6.18 Å². The van der Waals surface area contributed by atoms with Crippen LogP contribution >= 0.6 is 0 Å². The number of halogens is 3. The Bertz CT molecular complexity index is 495. The zero-order valence-electron chi connectivity index (χ0n) is 10.5. The molecule has 0 atom stereocenters. The Morgan fingerprint density at radius 3 is 2.50 bits per heavy atom. The lowest BCUT2D eigenvalue weighted by atomic mass is 9.96. The fraction of sp³-hybridized carbons (Fsp3) is 0.583. The molecule has 0 radical (unpaired) electrons. The monoisotopic (exact) mass is 290 g/mol. The summed E-state index contributed by atoms with van der Waals surface area (Å²) in [6.07, 6.45) is -3.41. The molecular weight excluding hydrogens is 277 g/mol. The van der Waals surface area contributed by atoms with Gasteiger partial charge in [0.05, 0.1) is 12.3 Å². The van der Waals surface area contributed by atoms with E-state index in [0.29, 0.717) is 25.7 Å². The van der Waals surface area contributed by atoms with E-state index in [9.17, 15) is 18.0 Å². The van der Waals surface area contributed by atoms with Gasteiger partial charge in [-0.3, -0.25) is 4.79 Å². The van der Waals surface area contributed by atoms with E-state index in [1.54, 1.807) is 0 Å². The van der Waals surface area contributed by atoms with Crippen molar-refractivity contribution in [2.75, 3.05) is 0 Å². The van der Waals surface area contributed by atoms with Crippen LogP contribution in [0.2, 0.25) is 0 Å². The smallest absolute Gasteiger partial charge is 0.451 e. The molecule has 110 valence electrons. The van der Waals surface area contributed by atoms with E-state index in [-0.39, 0.29) is 23.5 Å². The Hall–Kier alpha value is -1.70. The summed E-state index contributed by atoms with van der Waals surface area (Å²) in [7, 11) is 0. The number of aliphatic hydroxyl groups excluding tert-OH is 1. The molecule has 8 heteroatoms. The highest BCUT2D eigenvalue weighted by Gasteiger charge is 2.36. The predicted octanol–water partition coefficient (Wildman–Crippen LogP) is 1.88. The molecule has 1 aromatic heterocycles. The van der Waals surface area contributed by atoms with E-state index in [2.05, 4.69) is 9.97 Å². The van der Waals surface area contributed by atoms with Crippen LogP contribution in [0.4, 0.5) is 13.2 Å². The molecule has 0 aromatic carbocycles. The molecule has 2 rings (SSSR count). The van der Waals surface area contributed by atoms with Crippen molar-refractivity contribution in [1.29, 1.82) is 0 Å². The summed E-state index contributed by atoms with van der Waals surface area (Å²) in [6, 6.07) is 1.17. The number of alkyl halides is 3. The van der Waals surface area contributed by atoms with Crippen LogP contribution in [0.5, 0.6) is 5.88 Å². The van der Waals surface area contributed by atoms with Crippen LogP contribution in [0, 0.1) is 0 Å². The molecule has 1 fully saturated rings. The molecule has 1 heterocycles. The topological polar surface area (TPSA) is 72.3 Å². The first kappa shape index (κ1) is 14.7. The molecule has 0 amide bonds. The molecule has 5 nitrogen and oxygen atoms in total. The average Bonchev–Trinajstić information content (AvgIpc) is 2.40. The van der Waals surface area contributed by atoms with Gasteiger partial charge in [0.15, 0.2) is 0 Å². The number of rotatable bonds is 3. The van der Waals surface area contributed by atoms with Crippen molar-refractivity contribution < 1.29 is 27.8 Å². The van der Waals surface area contributed by atoms with E-state index in [0.717, 1.165) is 0 Å². The third-order valence-electron chi connectivity index (χ3n) is 2.95. The van der Waals surface area contributed by atoms with Crippen molar-refractivity contribution >= 4 is 5.78 Å². The Labute approximate surface area is 112 Å². The molecule has 1 saturated carbocycles. The quantitative estimate of drug-likeness (QED) is 0.920. The number of hydrogen-bond donors (Lipinski definition) is 1. The van der Waals surface area contributed by atoms with Gasteiger partial charge in [0.2, 0.25) is 11.7 Å². The van der Waals surface area contributed by atoms with Crippen molar-refractivity contribution in [1.82, 2.24) is 9.97 Å². The second-order valence-electron chi connectivity index (χ2n) is 4.53. The van der Waals surface area contributed by atoms with Crippen LogP contribution in [-0.2, 0) is 17.6 Å². The first-order valence-corrected chi connectivity index (χ1v) is 6.13. The van der Waals surface area contributed by atoms with E-state index >= 15 is 0 Å². The molecule has 1 aromatic rings. The van der Waals surface area contributed by atoms with Crippen LogP contribution in [0.3, 0.4) is 0 Å². The van der Waals surface area contributed by atoms with Gasteiger partial charge in [-0.1, -0.05) is 0 Å². The first-order valence-electron chi connectivity index (χ1n) is 6.13. The normalized spacial score (nSPS) is 17.3. The van der Waals surface area contributed by atoms with E-state index in [4.69, 9.17) is 9.84 Å². The number of ether oxygens (including phenoxy) is 1. The van der Waals surface area contributed by atoms with Gasteiger partial charge in [-0.15, -0.1) is 0 Å². The number of aliphatic hydroxyl groups is 1. The number of carbonyl (C=O) groups excluding carboxylic acids is 1. The van der Waals surface area contributed by atoms with Gasteiger partial charge in [-0.2, -0.15) is 18.2 Å². The zero-order valence-corrected chi connectivity index (χ0v) is 10.5. The SMILES string of the molecule is O=C1CCC(Oc2cc(CO)nc(C(F)(F)F)n2)CC1. The van der Waals surface area contributed by atoms with Crippen molar-refractivity contribution in [3.05, 3.63) is 17.6 Å². The molecule has 0 spiro atoms. The highest BCUT2D eigenvalue weighted by Crippen LogP contribution is 2.29. The summed E-state index contributed by atoms with van der Waals surface area (Å²) >= 11 is 0. The molecule has 20 heavy (non-hydrogen) atoms. The summed E-state index contributed by atoms with van der Waals surface area (Å²) in [4.78, 5) is 17.6. The van der Waals surface area contributed by atoms with E-state index in [1.807, 2.05) is 0 Å². The summed E-state index contributed by atoms with van der Waals surface area (Å²) < 4.78 is 43.2. The maximum Gasteiger partial charge on any atom is 0.451 e. The van der Waals surface area contributed by atoms with Gasteiger partial charge in [0, 0.05) is 18.9 Å². The number of Topliss-reactive ketones (excluding diaryl/α,β-unsaturated/α-hetero) is 1. The number of nitrogens with zero attached hydrogens (tertiary/aromatic N) is 2. The van der Waals surface area contributed by atoms with Crippen molar-refractivity contribution in [3.8, 4) is 5.88 Å². The summed E-state index contributed by atoms with van der Waals surface area (Å²) in [6.45, 7) is -0.634. The molecule has 0 saturated heterocycles. The molecule has 0 aliphatic heterocycles. The zero-order chi connectivity index (χ0) is 14.8. The molecule has 0 unspecified atom stereocenters. The maximum absolute atomic E-state index is 12.6. The number of aromatic nitrogens is 2. The Morgan fingerprint density at radius 2 is 1.95 bits per heavy atom. The van der Waals surface area contributed by atoms with Crippen LogP contribution in [0.25, 0.3) is 0 Å². The minimum Gasteiger partial charge on any atom is -0.474 e. The van der Waals surface area contributed by atoms with Crippen LogP contribution in [0.15, 0.2) is 6.07 Å². The van der Waals surface area contributed by atoms with Crippen molar-refractivity contribution in [2.24, 2.45) is 0 Å². The third-order valence-corrected chi connectivity index (χ3v) is 2.95. The summed E-state index contributed by atoms with van der Waals surface area (Å²) in [5.74, 6) is -1.44. The van der Waals surface area contributed by atoms with Gasteiger partial charge in [-0.25, -0.2) is 4.98 Å². The van der Waals surface area contributed by atoms with Crippen LogP contribution in [0.1, 0.15) is 37.2 Å². The predicted molar refractivity (Wildman–Crippen MR) is 60.8 cm³/mol. The third kappa shape index (κ3) is 3.66.